The van der Waals surface area contributed by atoms with Crippen molar-refractivity contribution < 1.29 is 9.18 Å². The molecule has 2 rings (SSSR count). The van der Waals surface area contributed by atoms with Crippen molar-refractivity contribution in [2.45, 2.75) is 6.42 Å². The summed E-state index contributed by atoms with van der Waals surface area (Å²) in [5.41, 5.74) is 5.69. The maximum atomic E-state index is 12.9. The van der Waals surface area contributed by atoms with Gasteiger partial charge in [0.25, 0.3) is 0 Å². The molecule has 0 saturated carbocycles. The number of aromatic nitrogens is 1. The van der Waals surface area contributed by atoms with Crippen molar-refractivity contribution in [2.75, 3.05) is 5.32 Å². The minimum absolute atomic E-state index is 0.169. The molecule has 6 heteroatoms. The second-order valence-corrected chi connectivity index (χ2v) is 4.53. The molecule has 0 spiro atoms. The quantitative estimate of drug-likeness (QED) is 0.873. The summed E-state index contributed by atoms with van der Waals surface area (Å²) in [5.74, 6) is -0.713. The summed E-state index contributed by atoms with van der Waals surface area (Å²) in [7, 11) is 0. The van der Waals surface area contributed by atoms with Gasteiger partial charge in [-0.3, -0.25) is 4.79 Å². The topological polar surface area (TPSA) is 68.0 Å². The van der Waals surface area contributed by atoms with Gasteiger partial charge in [0.05, 0.1) is 6.42 Å². The van der Waals surface area contributed by atoms with Gasteiger partial charge in [0.15, 0.2) is 5.13 Å². The molecule has 0 radical (unpaired) electrons. The predicted molar refractivity (Wildman–Crippen MR) is 64.7 cm³/mol. The first-order valence-electron chi connectivity index (χ1n) is 4.89. The van der Waals surface area contributed by atoms with Gasteiger partial charge in [-0.1, -0.05) is 6.07 Å². The van der Waals surface area contributed by atoms with E-state index in [2.05, 4.69) is 10.3 Å². The summed E-state index contributed by atoms with van der Waals surface area (Å²) < 4.78 is 12.9. The lowest BCUT2D eigenvalue weighted by molar-refractivity contribution is -0.117. The molecule has 88 valence electrons. The van der Waals surface area contributed by atoms with Crippen molar-refractivity contribution in [2.24, 2.45) is 5.73 Å². The maximum Gasteiger partial charge on any atom is 0.222 e. The van der Waals surface area contributed by atoms with Gasteiger partial charge in [-0.05, 0) is 18.2 Å². The molecule has 0 saturated heterocycles. The Morgan fingerprint density at radius 2 is 2.35 bits per heavy atom. The van der Waals surface area contributed by atoms with Gasteiger partial charge in [-0.25, -0.2) is 9.37 Å². The Labute approximate surface area is 101 Å². The predicted octanol–water partition coefficient (Wildman–Crippen LogP) is 2.05. The molecule has 3 N–H and O–H groups in total. The van der Waals surface area contributed by atoms with E-state index in [4.69, 9.17) is 5.73 Å². The highest BCUT2D eigenvalue weighted by molar-refractivity contribution is 7.15. The van der Waals surface area contributed by atoms with Crippen LogP contribution in [0, 0.1) is 5.82 Å². The molecule has 0 aliphatic carbocycles. The fourth-order valence-electron chi connectivity index (χ4n) is 1.31. The van der Waals surface area contributed by atoms with Crippen LogP contribution >= 0.6 is 11.3 Å². The number of carbonyl (C=O) groups excluding carboxylic acids is 1. The SMILES string of the molecule is NC(=O)Cc1cnc(Nc2cccc(F)c2)s1. The minimum atomic E-state index is -0.397. The Morgan fingerprint density at radius 3 is 3.06 bits per heavy atom. The average molecular weight is 251 g/mol. The van der Waals surface area contributed by atoms with E-state index in [-0.39, 0.29) is 12.2 Å². The molecule has 1 aromatic carbocycles. The molecule has 0 fully saturated rings. The maximum absolute atomic E-state index is 12.9. The number of nitrogens with one attached hydrogen (secondary N) is 1. The number of hydrogen-bond donors (Lipinski definition) is 2. The number of anilines is 2. The number of nitrogens with two attached hydrogens (primary N) is 1. The number of rotatable bonds is 4. The van der Waals surface area contributed by atoms with Crippen LogP contribution in [0.3, 0.4) is 0 Å². The number of amides is 1. The third-order valence-electron chi connectivity index (χ3n) is 1.98. The van der Waals surface area contributed by atoms with Gasteiger partial charge in [-0.2, -0.15) is 0 Å². The van der Waals surface area contributed by atoms with E-state index in [9.17, 15) is 9.18 Å². The highest BCUT2D eigenvalue weighted by Crippen LogP contribution is 2.23. The van der Waals surface area contributed by atoms with Crippen LogP contribution in [0.15, 0.2) is 30.5 Å². The molecule has 0 atom stereocenters. The molecular formula is C11H10FN3OS. The average Bonchev–Trinajstić information content (AvgIpc) is 2.64. The van der Waals surface area contributed by atoms with Crippen LogP contribution in [0.4, 0.5) is 15.2 Å². The van der Waals surface area contributed by atoms with Gasteiger partial charge in [0, 0.05) is 16.8 Å². The third-order valence-corrected chi connectivity index (χ3v) is 2.89. The Bertz CT molecular complexity index is 541. The normalized spacial score (nSPS) is 10.2. The van der Waals surface area contributed by atoms with Crippen LogP contribution in [0.25, 0.3) is 0 Å². The van der Waals surface area contributed by atoms with Crippen LogP contribution in [0.1, 0.15) is 4.88 Å². The van der Waals surface area contributed by atoms with Crippen LogP contribution in [0.2, 0.25) is 0 Å². The number of carbonyl (C=O) groups is 1. The Hall–Kier alpha value is -1.95. The molecule has 1 amide bonds. The fourth-order valence-corrected chi connectivity index (χ4v) is 2.15. The Balaban J connectivity index is 2.08. The standard InChI is InChI=1S/C11H10FN3OS/c12-7-2-1-3-8(4-7)15-11-14-6-9(17-11)5-10(13)16/h1-4,6H,5H2,(H2,13,16)(H,14,15). The van der Waals surface area contributed by atoms with Crippen molar-refractivity contribution in [1.29, 1.82) is 0 Å². The highest BCUT2D eigenvalue weighted by atomic mass is 32.1. The number of primary amides is 1. The van der Waals surface area contributed by atoms with E-state index >= 15 is 0 Å². The third kappa shape index (κ3) is 3.25. The van der Waals surface area contributed by atoms with Crippen LogP contribution < -0.4 is 11.1 Å². The van der Waals surface area contributed by atoms with E-state index < -0.39 is 5.91 Å². The van der Waals surface area contributed by atoms with E-state index in [0.29, 0.717) is 10.8 Å². The minimum Gasteiger partial charge on any atom is -0.369 e. The highest BCUT2D eigenvalue weighted by Gasteiger charge is 2.05. The molecule has 1 heterocycles. The lowest BCUT2D eigenvalue weighted by Crippen LogP contribution is -2.12. The molecule has 0 unspecified atom stereocenters. The van der Waals surface area contributed by atoms with E-state index in [1.54, 1.807) is 18.3 Å². The molecule has 4 nitrogen and oxygen atoms in total. The molecule has 2 aromatic rings. The number of halogens is 1. The lowest BCUT2D eigenvalue weighted by atomic mass is 10.3. The zero-order chi connectivity index (χ0) is 12.3. The zero-order valence-corrected chi connectivity index (χ0v) is 9.63. The van der Waals surface area contributed by atoms with Gasteiger partial charge in [0.1, 0.15) is 5.82 Å². The molecule has 17 heavy (non-hydrogen) atoms. The van der Waals surface area contributed by atoms with Crippen LogP contribution in [0.5, 0.6) is 0 Å². The van der Waals surface area contributed by atoms with Crippen molar-refractivity contribution in [3.05, 3.63) is 41.2 Å². The lowest BCUT2D eigenvalue weighted by Gasteiger charge is -2.01. The smallest absolute Gasteiger partial charge is 0.222 e. The first-order chi connectivity index (χ1) is 8.13. The van der Waals surface area contributed by atoms with Gasteiger partial charge >= 0.3 is 0 Å². The Kier molecular flexibility index (Phi) is 3.34. The van der Waals surface area contributed by atoms with E-state index in [1.165, 1.54) is 23.5 Å². The van der Waals surface area contributed by atoms with E-state index in [0.717, 1.165) is 4.88 Å². The first-order valence-corrected chi connectivity index (χ1v) is 5.71. The number of nitrogens with zero attached hydrogens (tertiary/aromatic N) is 1. The first kappa shape index (κ1) is 11.5. The molecule has 0 aliphatic heterocycles. The van der Waals surface area contributed by atoms with Crippen molar-refractivity contribution in [3.8, 4) is 0 Å². The number of benzene rings is 1. The molecule has 0 bridgehead atoms. The largest absolute Gasteiger partial charge is 0.369 e. The van der Waals surface area contributed by atoms with Crippen molar-refractivity contribution in [3.63, 3.8) is 0 Å². The van der Waals surface area contributed by atoms with E-state index in [1.807, 2.05) is 0 Å². The summed E-state index contributed by atoms with van der Waals surface area (Å²) in [5, 5.41) is 3.56. The molecule has 0 aliphatic rings. The molecular weight excluding hydrogens is 241 g/mol. The number of hydrogen-bond acceptors (Lipinski definition) is 4. The van der Waals surface area contributed by atoms with Crippen LogP contribution in [-0.2, 0) is 11.2 Å². The summed E-state index contributed by atoms with van der Waals surface area (Å²) in [6.07, 6.45) is 1.75. The van der Waals surface area contributed by atoms with Gasteiger partial charge in [0.2, 0.25) is 5.91 Å². The fraction of sp³-hybridized carbons (Fsp3) is 0.0909. The van der Waals surface area contributed by atoms with Crippen molar-refractivity contribution in [1.82, 2.24) is 4.98 Å². The van der Waals surface area contributed by atoms with Gasteiger partial charge < -0.3 is 11.1 Å². The summed E-state index contributed by atoms with van der Waals surface area (Å²) in [6.45, 7) is 0. The Morgan fingerprint density at radius 1 is 1.53 bits per heavy atom. The van der Waals surface area contributed by atoms with Crippen molar-refractivity contribution >= 4 is 28.1 Å². The second kappa shape index (κ2) is 4.92. The van der Waals surface area contributed by atoms with Gasteiger partial charge in [-0.15, -0.1) is 11.3 Å². The summed E-state index contributed by atoms with van der Waals surface area (Å²) in [4.78, 5) is 15.6. The second-order valence-electron chi connectivity index (χ2n) is 3.41. The summed E-state index contributed by atoms with van der Waals surface area (Å²) >= 11 is 1.32. The monoisotopic (exact) mass is 251 g/mol. The van der Waals surface area contributed by atoms with Crippen LogP contribution in [-0.4, -0.2) is 10.9 Å². The summed E-state index contributed by atoms with van der Waals surface area (Å²) in [6, 6.07) is 6.08. The zero-order valence-electron chi connectivity index (χ0n) is 8.81. The number of thiazole rings is 1. The molecule has 1 aromatic heterocycles.